The van der Waals surface area contributed by atoms with E-state index >= 15 is 0 Å². The van der Waals surface area contributed by atoms with Crippen LogP contribution in [0.25, 0.3) is 11.5 Å². The number of esters is 1. The first kappa shape index (κ1) is 19.5. The van der Waals surface area contributed by atoms with E-state index in [1.54, 1.807) is 24.2 Å². The molecular weight excluding hydrogens is 370 g/mol. The van der Waals surface area contributed by atoms with Gasteiger partial charge in [0.2, 0.25) is 5.91 Å². The van der Waals surface area contributed by atoms with Gasteiger partial charge >= 0.3 is 5.97 Å². The Morgan fingerprint density at radius 3 is 2.74 bits per heavy atom. The zero-order valence-corrected chi connectivity index (χ0v) is 16.5. The Hall–Kier alpha value is -2.29. The zero-order chi connectivity index (χ0) is 19.4. The molecular formula is C18H23N3O5S. The molecule has 0 aliphatic carbocycles. The average Bonchev–Trinajstić information content (AvgIpc) is 3.30. The first-order valence-corrected chi connectivity index (χ1v) is 9.87. The van der Waals surface area contributed by atoms with E-state index in [2.05, 4.69) is 10.2 Å². The molecule has 9 heteroatoms. The summed E-state index contributed by atoms with van der Waals surface area (Å²) < 4.78 is 15.9. The van der Waals surface area contributed by atoms with Crippen molar-refractivity contribution in [1.29, 1.82) is 0 Å². The summed E-state index contributed by atoms with van der Waals surface area (Å²) in [6.45, 7) is 6.92. The van der Waals surface area contributed by atoms with Gasteiger partial charge in [0.15, 0.2) is 0 Å². The SMILES string of the molecule is CCOC(=O)C1CCN(C(=O)[C@H](C)Sc2nnc(-c3ccoc3C)o2)CC1. The predicted molar refractivity (Wildman–Crippen MR) is 98.0 cm³/mol. The van der Waals surface area contributed by atoms with Crippen LogP contribution in [0, 0.1) is 12.8 Å². The molecule has 1 aliphatic rings. The number of amides is 1. The van der Waals surface area contributed by atoms with Crippen molar-refractivity contribution in [1.82, 2.24) is 15.1 Å². The minimum atomic E-state index is -0.358. The molecule has 0 saturated carbocycles. The number of hydrogen-bond acceptors (Lipinski definition) is 8. The number of rotatable bonds is 6. The summed E-state index contributed by atoms with van der Waals surface area (Å²) in [6, 6.07) is 1.76. The number of ether oxygens (including phenoxy) is 1. The maximum Gasteiger partial charge on any atom is 0.309 e. The third-order valence-corrected chi connectivity index (χ3v) is 5.47. The highest BCUT2D eigenvalue weighted by Crippen LogP contribution is 2.29. The van der Waals surface area contributed by atoms with E-state index in [4.69, 9.17) is 13.6 Å². The highest BCUT2D eigenvalue weighted by molar-refractivity contribution is 8.00. The Kier molecular flexibility index (Phi) is 6.20. The maximum atomic E-state index is 12.7. The van der Waals surface area contributed by atoms with E-state index in [9.17, 15) is 9.59 Å². The fourth-order valence-electron chi connectivity index (χ4n) is 3.03. The molecule has 146 valence electrons. The third-order valence-electron chi connectivity index (χ3n) is 4.55. The largest absolute Gasteiger partial charge is 0.469 e. The van der Waals surface area contributed by atoms with Crippen molar-refractivity contribution in [2.24, 2.45) is 5.92 Å². The molecule has 0 spiro atoms. The standard InChI is InChI=1S/C18H23N3O5S/c1-4-24-17(23)13-5-8-21(9-6-13)16(22)12(3)27-18-20-19-15(26-18)14-7-10-25-11(14)2/h7,10,12-13H,4-6,8-9H2,1-3H3/t12-/m0/s1. The molecule has 0 N–H and O–H groups in total. The van der Waals surface area contributed by atoms with E-state index in [0.29, 0.717) is 49.4 Å². The van der Waals surface area contributed by atoms with Crippen molar-refractivity contribution in [3.05, 3.63) is 18.1 Å². The van der Waals surface area contributed by atoms with Crippen LogP contribution in [0.5, 0.6) is 0 Å². The van der Waals surface area contributed by atoms with Crippen LogP contribution in [0.3, 0.4) is 0 Å². The van der Waals surface area contributed by atoms with E-state index in [1.165, 1.54) is 11.8 Å². The Morgan fingerprint density at radius 2 is 2.11 bits per heavy atom. The second-order valence-corrected chi connectivity index (χ2v) is 7.67. The van der Waals surface area contributed by atoms with Gasteiger partial charge < -0.3 is 18.5 Å². The monoisotopic (exact) mass is 393 g/mol. The van der Waals surface area contributed by atoms with Crippen LogP contribution < -0.4 is 0 Å². The van der Waals surface area contributed by atoms with Crippen LogP contribution >= 0.6 is 11.8 Å². The lowest BCUT2D eigenvalue weighted by Gasteiger charge is -2.32. The predicted octanol–water partition coefficient (Wildman–Crippen LogP) is 2.92. The van der Waals surface area contributed by atoms with Gasteiger partial charge in [-0.25, -0.2) is 0 Å². The van der Waals surface area contributed by atoms with Crippen molar-refractivity contribution in [3.8, 4) is 11.5 Å². The fourth-order valence-corrected chi connectivity index (χ4v) is 3.79. The Balaban J connectivity index is 1.54. The molecule has 2 aromatic heterocycles. The third kappa shape index (κ3) is 4.52. The van der Waals surface area contributed by atoms with Crippen molar-refractivity contribution < 1.29 is 23.2 Å². The average molecular weight is 393 g/mol. The lowest BCUT2D eigenvalue weighted by atomic mass is 9.97. The lowest BCUT2D eigenvalue weighted by molar-refractivity contribution is -0.151. The van der Waals surface area contributed by atoms with Crippen molar-refractivity contribution >= 4 is 23.6 Å². The number of aryl methyl sites for hydroxylation is 1. The van der Waals surface area contributed by atoms with Gasteiger partial charge in [-0.1, -0.05) is 11.8 Å². The number of carbonyl (C=O) groups excluding carboxylic acids is 2. The molecule has 1 aliphatic heterocycles. The summed E-state index contributed by atoms with van der Waals surface area (Å²) in [6.07, 6.45) is 2.83. The van der Waals surface area contributed by atoms with Crippen molar-refractivity contribution in [2.75, 3.05) is 19.7 Å². The molecule has 3 heterocycles. The van der Waals surface area contributed by atoms with E-state index in [1.807, 2.05) is 13.8 Å². The molecule has 1 amide bonds. The molecule has 0 radical (unpaired) electrons. The van der Waals surface area contributed by atoms with Crippen LogP contribution in [0.2, 0.25) is 0 Å². The van der Waals surface area contributed by atoms with Crippen LogP contribution in [0.4, 0.5) is 0 Å². The Bertz CT molecular complexity index is 795. The molecule has 27 heavy (non-hydrogen) atoms. The van der Waals surface area contributed by atoms with Crippen molar-refractivity contribution in [2.45, 2.75) is 44.1 Å². The number of piperidine rings is 1. The summed E-state index contributed by atoms with van der Waals surface area (Å²) in [4.78, 5) is 26.3. The molecule has 2 aromatic rings. The van der Waals surface area contributed by atoms with Gasteiger partial charge in [-0.3, -0.25) is 9.59 Å². The van der Waals surface area contributed by atoms with Crippen LogP contribution in [0.15, 0.2) is 26.4 Å². The van der Waals surface area contributed by atoms with E-state index < -0.39 is 0 Å². The smallest absolute Gasteiger partial charge is 0.309 e. The summed E-state index contributed by atoms with van der Waals surface area (Å²) in [5.74, 6) is 0.789. The molecule has 3 rings (SSSR count). The van der Waals surface area contributed by atoms with Crippen molar-refractivity contribution in [3.63, 3.8) is 0 Å². The van der Waals surface area contributed by atoms with Gasteiger partial charge in [-0.05, 0) is 39.7 Å². The first-order valence-electron chi connectivity index (χ1n) is 8.99. The quantitative estimate of drug-likeness (QED) is 0.546. The highest BCUT2D eigenvalue weighted by atomic mass is 32.2. The molecule has 0 aromatic carbocycles. The van der Waals surface area contributed by atoms with E-state index in [0.717, 1.165) is 5.56 Å². The normalized spacial score (nSPS) is 16.3. The molecule has 8 nitrogen and oxygen atoms in total. The minimum Gasteiger partial charge on any atom is -0.469 e. The van der Waals surface area contributed by atoms with Gasteiger partial charge in [-0.2, -0.15) is 0 Å². The summed E-state index contributed by atoms with van der Waals surface area (Å²) in [5.41, 5.74) is 0.745. The van der Waals surface area contributed by atoms with Crippen LogP contribution in [0.1, 0.15) is 32.4 Å². The van der Waals surface area contributed by atoms with Gasteiger partial charge in [0.25, 0.3) is 11.1 Å². The summed E-state index contributed by atoms with van der Waals surface area (Å²) in [5, 5.41) is 8.01. The minimum absolute atomic E-state index is 0.00144. The Labute approximate surface area is 161 Å². The number of likely N-dealkylation sites (tertiary alicyclic amines) is 1. The van der Waals surface area contributed by atoms with Crippen LogP contribution in [-0.4, -0.2) is 51.9 Å². The van der Waals surface area contributed by atoms with Gasteiger partial charge in [0.1, 0.15) is 5.76 Å². The second kappa shape index (κ2) is 8.60. The second-order valence-electron chi connectivity index (χ2n) is 6.38. The molecule has 1 fully saturated rings. The molecule has 1 atom stereocenters. The molecule has 1 saturated heterocycles. The van der Waals surface area contributed by atoms with Gasteiger partial charge in [0.05, 0.1) is 29.6 Å². The summed E-state index contributed by atoms with van der Waals surface area (Å²) >= 11 is 1.23. The number of thioether (sulfide) groups is 1. The van der Waals surface area contributed by atoms with Gasteiger partial charge in [-0.15, -0.1) is 10.2 Å². The summed E-state index contributed by atoms with van der Waals surface area (Å²) in [7, 11) is 0. The molecule has 0 bridgehead atoms. The highest BCUT2D eigenvalue weighted by Gasteiger charge is 2.31. The Morgan fingerprint density at radius 1 is 1.37 bits per heavy atom. The number of furan rings is 1. The number of hydrogen-bond donors (Lipinski definition) is 0. The van der Waals surface area contributed by atoms with E-state index in [-0.39, 0.29) is 23.0 Å². The lowest BCUT2D eigenvalue weighted by Crippen LogP contribution is -2.43. The number of carbonyl (C=O) groups is 2. The fraction of sp³-hybridized carbons (Fsp3) is 0.556. The number of aromatic nitrogens is 2. The zero-order valence-electron chi connectivity index (χ0n) is 15.6. The number of nitrogens with zero attached hydrogens (tertiary/aromatic N) is 3. The van der Waals surface area contributed by atoms with Crippen LogP contribution in [-0.2, 0) is 14.3 Å². The topological polar surface area (TPSA) is 98.7 Å². The molecule has 0 unspecified atom stereocenters. The first-order chi connectivity index (χ1) is 13.0. The van der Waals surface area contributed by atoms with Gasteiger partial charge in [0, 0.05) is 13.1 Å². The maximum absolute atomic E-state index is 12.7.